The molecule has 0 radical (unpaired) electrons. The highest BCUT2D eigenvalue weighted by molar-refractivity contribution is 6.01. The second kappa shape index (κ2) is 5.32. The van der Waals surface area contributed by atoms with E-state index in [0.717, 1.165) is 10.6 Å². The van der Waals surface area contributed by atoms with E-state index in [1.165, 1.54) is 12.2 Å². The molecule has 0 fully saturated rings. The molecule has 0 spiro atoms. The summed E-state index contributed by atoms with van der Waals surface area (Å²) in [5.41, 5.74) is 0.818. The van der Waals surface area contributed by atoms with Gasteiger partial charge in [-0.3, -0.25) is 15.1 Å². The zero-order valence-electron chi connectivity index (χ0n) is 6.90. The number of carbonyl (C=O) groups excluding carboxylic acids is 1. The molecule has 3 nitrogen and oxygen atoms in total. The molecule has 0 amide bonds. The lowest BCUT2D eigenvalue weighted by molar-refractivity contribution is -0.110. The highest BCUT2D eigenvalue weighted by Gasteiger charge is 1.98. The molecule has 1 aliphatic rings. The minimum absolute atomic E-state index is 0. The first-order chi connectivity index (χ1) is 5.72. The van der Waals surface area contributed by atoms with Gasteiger partial charge in [-0.15, -0.1) is 0 Å². The van der Waals surface area contributed by atoms with Crippen LogP contribution in [0.3, 0.4) is 0 Å². The minimum Gasteiger partial charge on any atom is -0.290 e. The van der Waals surface area contributed by atoms with Gasteiger partial charge in [-0.05, 0) is 36.8 Å². The Hall–Kier alpha value is -1.35. The van der Waals surface area contributed by atoms with Crippen LogP contribution in [0.1, 0.15) is 14.4 Å². The van der Waals surface area contributed by atoms with Crippen LogP contribution in [0.15, 0.2) is 36.1 Å². The Kier molecular flexibility index (Phi) is 4.77. The van der Waals surface area contributed by atoms with Crippen molar-refractivity contribution in [3.8, 4) is 0 Å². The fourth-order valence-electron chi connectivity index (χ4n) is 0.817. The third-order valence-electron chi connectivity index (χ3n) is 1.50. The van der Waals surface area contributed by atoms with E-state index in [1.807, 2.05) is 6.92 Å². The molecule has 0 aromatic carbocycles. The molecule has 0 aromatic heterocycles. The van der Waals surface area contributed by atoms with Crippen molar-refractivity contribution >= 4 is 5.78 Å². The van der Waals surface area contributed by atoms with Crippen LogP contribution in [0, 0.1) is 0 Å². The van der Waals surface area contributed by atoms with Gasteiger partial charge in [0.2, 0.25) is 0 Å². The fourth-order valence-corrected chi connectivity index (χ4v) is 0.817. The number of rotatable bonds is 2. The van der Waals surface area contributed by atoms with Crippen molar-refractivity contribution in [2.75, 3.05) is 6.54 Å². The third-order valence-corrected chi connectivity index (χ3v) is 1.50. The van der Waals surface area contributed by atoms with E-state index in [0.29, 0.717) is 6.54 Å². The van der Waals surface area contributed by atoms with Gasteiger partial charge in [0.25, 0.3) is 0 Å². The van der Waals surface area contributed by atoms with Gasteiger partial charge in [0.15, 0.2) is 5.78 Å². The second-order valence-corrected chi connectivity index (χ2v) is 2.45. The second-order valence-electron chi connectivity index (χ2n) is 2.45. The molecule has 0 heterocycles. The van der Waals surface area contributed by atoms with Crippen LogP contribution in [0.25, 0.3) is 0 Å². The fraction of sp³-hybridized carbons (Fsp3) is 0.300. The van der Waals surface area contributed by atoms with Gasteiger partial charge >= 0.3 is 0 Å². The quantitative estimate of drug-likeness (QED) is 0.661. The Morgan fingerprint density at radius 2 is 1.92 bits per heavy atom. The van der Waals surface area contributed by atoms with E-state index in [9.17, 15) is 4.79 Å². The van der Waals surface area contributed by atoms with E-state index in [4.69, 9.17) is 5.21 Å². The predicted molar refractivity (Wildman–Crippen MR) is 52.3 cm³/mol. The summed E-state index contributed by atoms with van der Waals surface area (Å²) >= 11 is 0. The molecular formula is C10H15NO2. The van der Waals surface area contributed by atoms with Crippen molar-refractivity contribution in [3.05, 3.63) is 36.1 Å². The maximum Gasteiger partial charge on any atom is 0.178 e. The van der Waals surface area contributed by atoms with Crippen LogP contribution in [0.2, 0.25) is 0 Å². The first kappa shape index (κ1) is 11.6. The average Bonchev–Trinajstić information content (AvgIpc) is 2.09. The number of hydroxylamine groups is 2. The van der Waals surface area contributed by atoms with Crippen molar-refractivity contribution in [1.29, 1.82) is 0 Å². The van der Waals surface area contributed by atoms with E-state index in [2.05, 4.69) is 0 Å². The molecule has 3 heteroatoms. The summed E-state index contributed by atoms with van der Waals surface area (Å²) in [5, 5.41) is 10.1. The summed E-state index contributed by atoms with van der Waals surface area (Å²) in [6.45, 7) is 2.36. The van der Waals surface area contributed by atoms with Gasteiger partial charge in [0.05, 0.1) is 0 Å². The van der Waals surface area contributed by atoms with Crippen molar-refractivity contribution < 1.29 is 10.0 Å². The maximum atomic E-state index is 10.7. The standard InChI is InChI=1S/C9H11NO2.CH4/c1-2-10(12)7-8-3-5-9(11)6-4-8;/h3-7,12H,2H2,1H3;1H4. The van der Waals surface area contributed by atoms with Crippen LogP contribution >= 0.6 is 0 Å². The van der Waals surface area contributed by atoms with Gasteiger partial charge < -0.3 is 0 Å². The van der Waals surface area contributed by atoms with Gasteiger partial charge in [0, 0.05) is 12.7 Å². The first-order valence-corrected chi connectivity index (χ1v) is 3.80. The van der Waals surface area contributed by atoms with E-state index >= 15 is 0 Å². The third kappa shape index (κ3) is 3.71. The Morgan fingerprint density at radius 1 is 1.38 bits per heavy atom. The predicted octanol–water partition coefficient (Wildman–Crippen LogP) is 1.91. The Bertz CT molecular complexity index is 246. The Morgan fingerprint density at radius 3 is 2.38 bits per heavy atom. The summed E-state index contributed by atoms with van der Waals surface area (Å²) in [5.74, 6) is -0.0202. The highest BCUT2D eigenvalue weighted by Crippen LogP contribution is 2.06. The van der Waals surface area contributed by atoms with Crippen LogP contribution in [-0.2, 0) is 4.79 Å². The average molecular weight is 181 g/mol. The van der Waals surface area contributed by atoms with Gasteiger partial charge in [-0.1, -0.05) is 7.43 Å². The summed E-state index contributed by atoms with van der Waals surface area (Å²) in [7, 11) is 0. The number of nitrogens with zero attached hydrogens (tertiary/aromatic N) is 1. The van der Waals surface area contributed by atoms with Gasteiger partial charge in [0.1, 0.15) is 0 Å². The van der Waals surface area contributed by atoms with Gasteiger partial charge in [-0.25, -0.2) is 0 Å². The van der Waals surface area contributed by atoms with Crippen LogP contribution in [0.5, 0.6) is 0 Å². The van der Waals surface area contributed by atoms with Crippen molar-refractivity contribution in [3.63, 3.8) is 0 Å². The number of hydrogen-bond donors (Lipinski definition) is 1. The molecule has 0 unspecified atom stereocenters. The van der Waals surface area contributed by atoms with Gasteiger partial charge in [-0.2, -0.15) is 0 Å². The van der Waals surface area contributed by atoms with Crippen molar-refractivity contribution in [2.24, 2.45) is 0 Å². The molecule has 0 bridgehead atoms. The number of carbonyl (C=O) groups is 1. The lowest BCUT2D eigenvalue weighted by atomic mass is 10.1. The lowest BCUT2D eigenvalue weighted by Crippen LogP contribution is -2.10. The molecule has 72 valence electrons. The molecule has 0 aliphatic heterocycles. The summed E-state index contributed by atoms with van der Waals surface area (Å²) < 4.78 is 0. The molecule has 0 aromatic rings. The Balaban J connectivity index is 0.00000144. The minimum atomic E-state index is -0.0202. The number of hydrogen-bond acceptors (Lipinski definition) is 3. The molecule has 1 N–H and O–H groups in total. The zero-order valence-corrected chi connectivity index (χ0v) is 6.90. The normalized spacial score (nSPS) is 14.0. The smallest absolute Gasteiger partial charge is 0.178 e. The highest BCUT2D eigenvalue weighted by atomic mass is 16.5. The molecular weight excluding hydrogens is 166 g/mol. The number of allylic oxidation sites excluding steroid dienone is 5. The van der Waals surface area contributed by atoms with Crippen molar-refractivity contribution in [1.82, 2.24) is 5.06 Å². The Labute approximate surface area is 78.6 Å². The molecule has 0 saturated carbocycles. The van der Waals surface area contributed by atoms with Crippen LogP contribution < -0.4 is 0 Å². The lowest BCUT2D eigenvalue weighted by Gasteiger charge is -2.09. The summed E-state index contributed by atoms with van der Waals surface area (Å²) in [6, 6.07) is 0. The summed E-state index contributed by atoms with van der Waals surface area (Å²) in [6.07, 6.45) is 7.84. The van der Waals surface area contributed by atoms with Crippen LogP contribution in [-0.4, -0.2) is 22.6 Å². The topological polar surface area (TPSA) is 40.5 Å². The SMILES string of the molecule is C.CCN(O)C=C1C=CC(=O)C=C1. The van der Waals surface area contributed by atoms with E-state index in [-0.39, 0.29) is 13.2 Å². The van der Waals surface area contributed by atoms with E-state index < -0.39 is 0 Å². The summed E-state index contributed by atoms with van der Waals surface area (Å²) in [4.78, 5) is 10.7. The zero-order chi connectivity index (χ0) is 8.97. The van der Waals surface area contributed by atoms with Crippen molar-refractivity contribution in [2.45, 2.75) is 14.4 Å². The molecule has 1 rings (SSSR count). The first-order valence-electron chi connectivity index (χ1n) is 3.80. The maximum absolute atomic E-state index is 10.7. The molecule has 0 saturated heterocycles. The number of ketones is 1. The molecule has 13 heavy (non-hydrogen) atoms. The molecule has 0 atom stereocenters. The molecule has 1 aliphatic carbocycles. The monoisotopic (exact) mass is 181 g/mol. The largest absolute Gasteiger partial charge is 0.290 e. The van der Waals surface area contributed by atoms with E-state index in [1.54, 1.807) is 18.4 Å². The van der Waals surface area contributed by atoms with Crippen LogP contribution in [0.4, 0.5) is 0 Å².